The van der Waals surface area contributed by atoms with Crippen molar-refractivity contribution in [3.63, 3.8) is 0 Å². The fourth-order valence-corrected chi connectivity index (χ4v) is 2.47. The zero-order chi connectivity index (χ0) is 14.0. The van der Waals surface area contributed by atoms with Crippen LogP contribution in [0.3, 0.4) is 0 Å². The minimum absolute atomic E-state index is 0.00215. The minimum atomic E-state index is -1.01. The largest absolute Gasteiger partial charge is 0.480 e. The molecule has 0 saturated carbocycles. The van der Waals surface area contributed by atoms with Gasteiger partial charge in [-0.3, -0.25) is 4.79 Å². The van der Waals surface area contributed by atoms with Gasteiger partial charge in [0.05, 0.1) is 5.02 Å². The second kappa shape index (κ2) is 5.75. The Morgan fingerprint density at radius 3 is 2.74 bits per heavy atom. The first kappa shape index (κ1) is 14.1. The molecule has 19 heavy (non-hydrogen) atoms. The summed E-state index contributed by atoms with van der Waals surface area (Å²) in [5, 5.41) is 9.48. The number of piperidine rings is 1. The number of amides is 1. The highest BCUT2D eigenvalue weighted by Crippen LogP contribution is 2.23. The van der Waals surface area contributed by atoms with Gasteiger partial charge in [0.25, 0.3) is 5.91 Å². The van der Waals surface area contributed by atoms with Crippen LogP contribution in [0.5, 0.6) is 0 Å². The third-order valence-corrected chi connectivity index (χ3v) is 3.58. The highest BCUT2D eigenvalue weighted by atomic mass is 35.5. The zero-order valence-corrected chi connectivity index (χ0v) is 11.5. The number of carboxylic acid groups (broad SMARTS) is 1. The molecule has 1 aromatic rings. The monoisotopic (exact) mass is 302 g/mol. The van der Waals surface area contributed by atoms with E-state index in [1.54, 1.807) is 0 Å². The molecule has 5 nitrogen and oxygen atoms in total. The summed E-state index contributed by atoms with van der Waals surface area (Å²) in [6, 6.07) is 2.13. The second-order valence-electron chi connectivity index (χ2n) is 4.31. The lowest BCUT2D eigenvalue weighted by atomic mass is 10.0. The number of hydrogen-bond donors (Lipinski definition) is 1. The highest BCUT2D eigenvalue weighted by Gasteiger charge is 2.33. The maximum Gasteiger partial charge on any atom is 0.326 e. The Hall–Kier alpha value is -1.33. The maximum atomic E-state index is 12.3. The van der Waals surface area contributed by atoms with Gasteiger partial charge < -0.3 is 10.0 Å². The smallest absolute Gasteiger partial charge is 0.326 e. The predicted molar refractivity (Wildman–Crippen MR) is 70.6 cm³/mol. The summed E-state index contributed by atoms with van der Waals surface area (Å²) in [5.41, 5.74) is 0.00215. The van der Waals surface area contributed by atoms with Crippen molar-refractivity contribution in [2.45, 2.75) is 25.3 Å². The molecule has 1 aliphatic heterocycles. The Bertz CT molecular complexity index is 522. The zero-order valence-electron chi connectivity index (χ0n) is 9.97. The van der Waals surface area contributed by atoms with Gasteiger partial charge in [0.1, 0.15) is 16.9 Å². The van der Waals surface area contributed by atoms with Crippen molar-refractivity contribution in [2.24, 2.45) is 0 Å². The lowest BCUT2D eigenvalue weighted by molar-refractivity contribution is -0.143. The molecule has 2 heterocycles. The summed E-state index contributed by atoms with van der Waals surface area (Å²) >= 11 is 11.7. The molecule has 1 fully saturated rings. The molecule has 1 aliphatic rings. The van der Waals surface area contributed by atoms with E-state index in [1.807, 2.05) is 0 Å². The van der Waals surface area contributed by atoms with E-state index in [0.29, 0.717) is 13.0 Å². The van der Waals surface area contributed by atoms with Gasteiger partial charge in [-0.1, -0.05) is 23.2 Å². The van der Waals surface area contributed by atoms with E-state index in [4.69, 9.17) is 28.3 Å². The molecule has 1 aromatic heterocycles. The summed E-state index contributed by atoms with van der Waals surface area (Å²) in [5.74, 6) is -1.49. The first-order valence-corrected chi connectivity index (χ1v) is 6.62. The van der Waals surface area contributed by atoms with E-state index in [-0.39, 0.29) is 15.9 Å². The minimum Gasteiger partial charge on any atom is -0.480 e. The Labute approximate surface area is 120 Å². The number of rotatable bonds is 2. The van der Waals surface area contributed by atoms with Gasteiger partial charge in [0, 0.05) is 6.54 Å². The Balaban J connectivity index is 2.31. The van der Waals surface area contributed by atoms with Crippen LogP contribution in [0, 0.1) is 0 Å². The fourth-order valence-electron chi connectivity index (χ4n) is 2.14. The first-order valence-electron chi connectivity index (χ1n) is 5.86. The van der Waals surface area contributed by atoms with E-state index in [0.717, 1.165) is 12.8 Å². The van der Waals surface area contributed by atoms with Gasteiger partial charge in [-0.05, 0) is 31.4 Å². The lowest BCUT2D eigenvalue weighted by Gasteiger charge is -2.32. The molecule has 0 aliphatic carbocycles. The van der Waals surface area contributed by atoms with E-state index in [9.17, 15) is 9.59 Å². The number of carbonyl (C=O) groups excluding carboxylic acids is 1. The fraction of sp³-hybridized carbons (Fsp3) is 0.417. The van der Waals surface area contributed by atoms with Gasteiger partial charge in [-0.25, -0.2) is 9.78 Å². The predicted octanol–water partition coefficient (Wildman–Crippen LogP) is 2.47. The van der Waals surface area contributed by atoms with Crippen LogP contribution in [-0.2, 0) is 4.79 Å². The first-order chi connectivity index (χ1) is 9.00. The van der Waals surface area contributed by atoms with Crippen LogP contribution in [0.15, 0.2) is 12.1 Å². The number of halogens is 2. The van der Waals surface area contributed by atoms with Crippen molar-refractivity contribution in [3.8, 4) is 0 Å². The summed E-state index contributed by atoms with van der Waals surface area (Å²) < 4.78 is 0. The normalized spacial score (nSPS) is 19.3. The molecule has 0 radical (unpaired) electrons. The molecule has 1 unspecified atom stereocenters. The van der Waals surface area contributed by atoms with Crippen molar-refractivity contribution in [1.82, 2.24) is 9.88 Å². The lowest BCUT2D eigenvalue weighted by Crippen LogP contribution is -2.48. The van der Waals surface area contributed by atoms with Gasteiger partial charge in [0.2, 0.25) is 0 Å². The van der Waals surface area contributed by atoms with Crippen molar-refractivity contribution in [3.05, 3.63) is 28.0 Å². The number of hydrogen-bond acceptors (Lipinski definition) is 3. The maximum absolute atomic E-state index is 12.3. The molecule has 0 bridgehead atoms. The standard InChI is InChI=1S/C12H12Cl2N2O3/c13-7-4-5-9(14)15-10(7)11(17)16-6-2-1-3-8(16)12(18)19/h4-5,8H,1-3,6H2,(H,18,19). The number of likely N-dealkylation sites (tertiary alicyclic amines) is 1. The van der Waals surface area contributed by atoms with Crippen LogP contribution in [0.1, 0.15) is 29.8 Å². The van der Waals surface area contributed by atoms with Crippen LogP contribution in [0.2, 0.25) is 10.2 Å². The highest BCUT2D eigenvalue weighted by molar-refractivity contribution is 6.34. The van der Waals surface area contributed by atoms with E-state index < -0.39 is 17.9 Å². The van der Waals surface area contributed by atoms with Crippen LogP contribution in [0.25, 0.3) is 0 Å². The molecule has 1 atom stereocenters. The van der Waals surface area contributed by atoms with Gasteiger partial charge in [-0.15, -0.1) is 0 Å². The van der Waals surface area contributed by atoms with Gasteiger partial charge in [0.15, 0.2) is 0 Å². The van der Waals surface area contributed by atoms with Crippen LogP contribution in [-0.4, -0.2) is 39.5 Å². The van der Waals surface area contributed by atoms with Gasteiger partial charge >= 0.3 is 5.97 Å². The number of carboxylic acids is 1. The Morgan fingerprint density at radius 2 is 2.05 bits per heavy atom. The Morgan fingerprint density at radius 1 is 1.32 bits per heavy atom. The molecule has 102 valence electrons. The van der Waals surface area contributed by atoms with Crippen molar-refractivity contribution < 1.29 is 14.7 Å². The Kier molecular flexibility index (Phi) is 4.27. The molecule has 7 heteroatoms. The summed E-state index contributed by atoms with van der Waals surface area (Å²) in [7, 11) is 0. The number of aromatic nitrogens is 1. The molecule has 2 rings (SSSR count). The third kappa shape index (κ3) is 2.98. The third-order valence-electron chi connectivity index (χ3n) is 3.06. The summed E-state index contributed by atoms with van der Waals surface area (Å²) in [4.78, 5) is 28.7. The molecular weight excluding hydrogens is 291 g/mol. The molecule has 1 amide bonds. The van der Waals surface area contributed by atoms with Crippen molar-refractivity contribution in [2.75, 3.05) is 6.54 Å². The van der Waals surface area contributed by atoms with Crippen molar-refractivity contribution in [1.29, 1.82) is 0 Å². The summed E-state index contributed by atoms with van der Waals surface area (Å²) in [6.07, 6.45) is 2.00. The van der Waals surface area contributed by atoms with Crippen molar-refractivity contribution >= 4 is 35.1 Å². The topological polar surface area (TPSA) is 70.5 Å². The van der Waals surface area contributed by atoms with E-state index in [1.165, 1.54) is 17.0 Å². The number of pyridine rings is 1. The average molecular weight is 303 g/mol. The second-order valence-corrected chi connectivity index (χ2v) is 5.11. The molecule has 0 spiro atoms. The van der Waals surface area contributed by atoms with Gasteiger partial charge in [-0.2, -0.15) is 0 Å². The van der Waals surface area contributed by atoms with Crippen LogP contribution < -0.4 is 0 Å². The molecular formula is C12H12Cl2N2O3. The quantitative estimate of drug-likeness (QED) is 0.852. The number of carbonyl (C=O) groups is 2. The summed E-state index contributed by atoms with van der Waals surface area (Å²) in [6.45, 7) is 0.389. The van der Waals surface area contributed by atoms with E-state index >= 15 is 0 Å². The number of nitrogens with zero attached hydrogens (tertiary/aromatic N) is 2. The molecule has 1 saturated heterocycles. The van der Waals surface area contributed by atoms with E-state index in [2.05, 4.69) is 4.98 Å². The molecule has 1 N–H and O–H groups in total. The molecule has 0 aromatic carbocycles. The average Bonchev–Trinajstić information content (AvgIpc) is 2.40. The SMILES string of the molecule is O=C(O)C1CCCCN1C(=O)c1nc(Cl)ccc1Cl. The number of aliphatic carboxylic acids is 1. The van der Waals surface area contributed by atoms with Crippen LogP contribution >= 0.6 is 23.2 Å². The van der Waals surface area contributed by atoms with Crippen LogP contribution in [0.4, 0.5) is 0 Å².